The Labute approximate surface area is 169 Å². The van der Waals surface area contributed by atoms with Crippen molar-refractivity contribution in [2.45, 2.75) is 44.1 Å². The first-order valence-electron chi connectivity index (χ1n) is 9.91. The second kappa shape index (κ2) is 7.83. The van der Waals surface area contributed by atoms with Gasteiger partial charge in [-0.15, -0.1) is 0 Å². The van der Waals surface area contributed by atoms with Crippen molar-refractivity contribution < 1.29 is 24.4 Å². The van der Waals surface area contributed by atoms with Crippen molar-refractivity contribution in [2.75, 3.05) is 25.6 Å². The fourth-order valence-corrected chi connectivity index (χ4v) is 5.51. The molecule has 0 radical (unpaired) electrons. The van der Waals surface area contributed by atoms with Crippen molar-refractivity contribution in [1.82, 2.24) is 10.2 Å². The second-order valence-corrected chi connectivity index (χ2v) is 9.47. The summed E-state index contributed by atoms with van der Waals surface area (Å²) in [7, 11) is 0. The Hall–Kier alpha value is -1.93. The predicted molar refractivity (Wildman–Crippen MR) is 106 cm³/mol. The minimum Gasteiger partial charge on any atom is -0.454 e. The molecular weight excluding hydrogens is 378 g/mol. The summed E-state index contributed by atoms with van der Waals surface area (Å²) in [6.07, 6.45) is 1.87. The lowest BCUT2D eigenvalue weighted by Crippen LogP contribution is -2.99. The van der Waals surface area contributed by atoms with Gasteiger partial charge in [-0.05, 0) is 17.7 Å². The maximum Gasteiger partial charge on any atom is 0.279 e. The number of nitrogens with zero attached hydrogens (tertiary/aromatic N) is 1. The first-order valence-corrected chi connectivity index (χ1v) is 10.9. The molecule has 0 unspecified atom stereocenters. The van der Waals surface area contributed by atoms with Crippen molar-refractivity contribution in [3.63, 3.8) is 0 Å². The Bertz CT molecular complexity index is 762. The molecule has 1 aromatic carbocycles. The Morgan fingerprint density at radius 2 is 2.04 bits per heavy atom. The third-order valence-corrected chi connectivity index (χ3v) is 7.36. The molecule has 2 fully saturated rings. The minimum absolute atomic E-state index is 0.0362. The topological polar surface area (TPSA) is 84.5 Å². The summed E-state index contributed by atoms with van der Waals surface area (Å²) in [5.41, 5.74) is 0.999. The zero-order valence-corrected chi connectivity index (χ0v) is 17.2. The lowest BCUT2D eigenvalue weighted by Gasteiger charge is -2.37. The molecular formula is C20H28N3O4S+. The van der Waals surface area contributed by atoms with Gasteiger partial charge in [-0.25, -0.2) is 0 Å². The average molecular weight is 407 g/mol. The van der Waals surface area contributed by atoms with E-state index in [2.05, 4.69) is 10.6 Å². The molecule has 1 aromatic rings. The average Bonchev–Trinajstić information content (AvgIpc) is 3.33. The summed E-state index contributed by atoms with van der Waals surface area (Å²) in [4.78, 5) is 26.9. The minimum atomic E-state index is -0.0774. The van der Waals surface area contributed by atoms with Crippen LogP contribution in [0.1, 0.15) is 32.3 Å². The van der Waals surface area contributed by atoms with Crippen LogP contribution in [0.3, 0.4) is 0 Å². The van der Waals surface area contributed by atoms with E-state index in [0.717, 1.165) is 48.7 Å². The molecule has 0 bridgehead atoms. The molecule has 1 atom stereocenters. The van der Waals surface area contributed by atoms with Gasteiger partial charge in [-0.2, -0.15) is 0 Å². The summed E-state index contributed by atoms with van der Waals surface area (Å²) >= 11 is 1.87. The highest BCUT2D eigenvalue weighted by atomic mass is 32.2. The van der Waals surface area contributed by atoms with Crippen LogP contribution < -0.4 is 20.1 Å². The number of quaternary nitrogens is 1. The standard InChI is InChI=1S/C20H27N3O4S/c1-13(2)19(25)23-7-5-20(6-8-23)22-15(11-28-20)18(24)21-10-14-3-4-16-17(9-14)27-12-26-16/h3-4,9,13,15,22H,5-8,10-12H2,1-2H3,(H,21,24)/p+1/t15-/m1/s1. The number of nitrogens with one attached hydrogen (secondary N) is 1. The highest BCUT2D eigenvalue weighted by molar-refractivity contribution is 8.00. The van der Waals surface area contributed by atoms with E-state index in [1.807, 2.05) is 48.7 Å². The van der Waals surface area contributed by atoms with E-state index in [0.29, 0.717) is 6.54 Å². The smallest absolute Gasteiger partial charge is 0.279 e. The van der Waals surface area contributed by atoms with E-state index in [-0.39, 0.29) is 35.4 Å². The van der Waals surface area contributed by atoms with Crippen LogP contribution in [0.4, 0.5) is 0 Å². The Balaban J connectivity index is 1.27. The second-order valence-electron chi connectivity index (χ2n) is 8.03. The van der Waals surface area contributed by atoms with Gasteiger partial charge in [0.25, 0.3) is 5.91 Å². The Morgan fingerprint density at radius 3 is 2.79 bits per heavy atom. The SMILES string of the molecule is CC(C)C(=O)N1CCC2(CC1)[NH2+][C@@H](C(=O)NCc1ccc3c(c1)OCO3)CS2. The fourth-order valence-electron chi connectivity index (χ4n) is 4.02. The first-order chi connectivity index (χ1) is 13.5. The molecule has 152 valence electrons. The highest BCUT2D eigenvalue weighted by Crippen LogP contribution is 2.34. The van der Waals surface area contributed by atoms with Crippen LogP contribution >= 0.6 is 11.8 Å². The Morgan fingerprint density at radius 1 is 1.29 bits per heavy atom. The van der Waals surface area contributed by atoms with Gasteiger partial charge < -0.3 is 25.0 Å². The summed E-state index contributed by atoms with van der Waals surface area (Å²) in [5.74, 6) is 2.64. The van der Waals surface area contributed by atoms with E-state index >= 15 is 0 Å². The normalized spacial score (nSPS) is 22.7. The molecule has 2 amide bonds. The number of amides is 2. The molecule has 3 aliphatic rings. The number of hydrogen-bond donors (Lipinski definition) is 2. The number of piperidine rings is 1. The van der Waals surface area contributed by atoms with Crippen molar-refractivity contribution in [1.29, 1.82) is 0 Å². The van der Waals surface area contributed by atoms with E-state index in [1.165, 1.54) is 0 Å². The lowest BCUT2D eigenvalue weighted by atomic mass is 10.0. The molecule has 28 heavy (non-hydrogen) atoms. The van der Waals surface area contributed by atoms with Crippen molar-refractivity contribution in [3.05, 3.63) is 23.8 Å². The van der Waals surface area contributed by atoms with E-state index in [4.69, 9.17) is 9.47 Å². The fraction of sp³-hybridized carbons (Fsp3) is 0.600. The third-order valence-electron chi connectivity index (χ3n) is 5.71. The highest BCUT2D eigenvalue weighted by Gasteiger charge is 2.48. The van der Waals surface area contributed by atoms with Gasteiger partial charge in [0.05, 0.1) is 5.75 Å². The van der Waals surface area contributed by atoms with Gasteiger partial charge in [0.15, 0.2) is 17.5 Å². The maximum atomic E-state index is 12.7. The van der Waals surface area contributed by atoms with Crippen molar-refractivity contribution in [2.24, 2.45) is 5.92 Å². The lowest BCUT2D eigenvalue weighted by molar-refractivity contribution is -0.714. The molecule has 0 saturated carbocycles. The molecule has 3 heterocycles. The zero-order valence-electron chi connectivity index (χ0n) is 16.4. The quantitative estimate of drug-likeness (QED) is 0.768. The predicted octanol–water partition coefficient (Wildman–Crippen LogP) is 0.685. The zero-order chi connectivity index (χ0) is 19.7. The number of thioether (sulfide) groups is 1. The molecule has 7 nitrogen and oxygen atoms in total. The van der Waals surface area contributed by atoms with Gasteiger partial charge in [0.2, 0.25) is 12.7 Å². The van der Waals surface area contributed by atoms with Crippen molar-refractivity contribution in [3.8, 4) is 11.5 Å². The van der Waals surface area contributed by atoms with E-state index < -0.39 is 0 Å². The summed E-state index contributed by atoms with van der Waals surface area (Å²) < 4.78 is 10.7. The van der Waals surface area contributed by atoms with Crippen LogP contribution in [0.5, 0.6) is 11.5 Å². The molecule has 8 heteroatoms. The van der Waals surface area contributed by atoms with E-state index in [9.17, 15) is 9.59 Å². The molecule has 2 saturated heterocycles. The number of benzene rings is 1. The van der Waals surface area contributed by atoms with Gasteiger partial charge in [-0.3, -0.25) is 9.59 Å². The molecule has 0 aromatic heterocycles. The van der Waals surface area contributed by atoms with Gasteiger partial charge in [0.1, 0.15) is 4.87 Å². The molecule has 0 aliphatic carbocycles. The van der Waals surface area contributed by atoms with Crippen LogP contribution in [-0.2, 0) is 16.1 Å². The summed E-state index contributed by atoms with van der Waals surface area (Å²) in [6.45, 7) is 6.20. The number of likely N-dealkylation sites (tertiary alicyclic amines) is 1. The number of carbonyl (C=O) groups excluding carboxylic acids is 2. The van der Waals surface area contributed by atoms with Crippen LogP contribution in [0.25, 0.3) is 0 Å². The largest absolute Gasteiger partial charge is 0.454 e. The first kappa shape index (κ1) is 19.4. The van der Waals surface area contributed by atoms with Gasteiger partial charge in [-0.1, -0.05) is 31.7 Å². The number of carbonyl (C=O) groups is 2. The monoisotopic (exact) mass is 406 g/mol. The van der Waals surface area contributed by atoms with Gasteiger partial charge in [0, 0.05) is 38.4 Å². The number of nitrogens with two attached hydrogens (primary N) is 1. The molecule has 4 rings (SSSR count). The number of ether oxygens (including phenoxy) is 2. The summed E-state index contributed by atoms with van der Waals surface area (Å²) in [5, 5.41) is 5.28. The van der Waals surface area contributed by atoms with Crippen LogP contribution in [0, 0.1) is 5.92 Å². The Kier molecular flexibility index (Phi) is 5.42. The van der Waals surface area contributed by atoms with E-state index in [1.54, 1.807) is 0 Å². The van der Waals surface area contributed by atoms with Crippen LogP contribution in [0.15, 0.2) is 18.2 Å². The van der Waals surface area contributed by atoms with Crippen LogP contribution in [0.2, 0.25) is 0 Å². The molecule has 3 N–H and O–H groups in total. The van der Waals surface area contributed by atoms with Gasteiger partial charge >= 0.3 is 0 Å². The molecule has 1 spiro atoms. The number of hydrogen-bond acceptors (Lipinski definition) is 5. The maximum absolute atomic E-state index is 12.7. The van der Waals surface area contributed by atoms with Crippen LogP contribution in [-0.4, -0.2) is 53.3 Å². The van der Waals surface area contributed by atoms with Crippen molar-refractivity contribution >= 4 is 23.6 Å². The summed E-state index contributed by atoms with van der Waals surface area (Å²) in [6, 6.07) is 5.66. The number of fused-ring (bicyclic) bond motifs is 1. The molecule has 3 aliphatic heterocycles. The number of rotatable bonds is 4. The third kappa shape index (κ3) is 3.93.